The molecule has 0 bridgehead atoms. The SMILES string of the molecule is C[C@H]1COC(=O)N1c1ccc2cnc(Cl)nc2c1. The Balaban J connectivity index is 2.10. The van der Waals surface area contributed by atoms with Gasteiger partial charge >= 0.3 is 6.09 Å². The number of ether oxygens (including phenoxy) is 1. The van der Waals surface area contributed by atoms with Crippen molar-refractivity contribution in [3.63, 3.8) is 0 Å². The van der Waals surface area contributed by atoms with Crippen molar-refractivity contribution in [1.82, 2.24) is 9.97 Å². The summed E-state index contributed by atoms with van der Waals surface area (Å²) in [5, 5.41) is 1.07. The van der Waals surface area contributed by atoms with Crippen molar-refractivity contribution in [3.8, 4) is 0 Å². The fourth-order valence-electron chi connectivity index (χ4n) is 2.01. The van der Waals surface area contributed by atoms with Gasteiger partial charge in [0, 0.05) is 17.3 Å². The van der Waals surface area contributed by atoms with Crippen LogP contribution in [0, 0.1) is 0 Å². The van der Waals surface area contributed by atoms with E-state index >= 15 is 0 Å². The second-order valence-corrected chi connectivity index (χ2v) is 4.52. The first-order valence-corrected chi connectivity index (χ1v) is 5.91. The summed E-state index contributed by atoms with van der Waals surface area (Å²) in [6.07, 6.45) is 1.32. The first kappa shape index (κ1) is 11.2. The third-order valence-electron chi connectivity index (χ3n) is 2.90. The van der Waals surface area contributed by atoms with Gasteiger partial charge in [-0.1, -0.05) is 0 Å². The van der Waals surface area contributed by atoms with Gasteiger partial charge in [0.15, 0.2) is 0 Å². The molecule has 1 fully saturated rings. The van der Waals surface area contributed by atoms with Crippen LogP contribution in [-0.4, -0.2) is 28.7 Å². The Bertz CT molecular complexity index is 632. The molecule has 2 heterocycles. The lowest BCUT2D eigenvalue weighted by molar-refractivity contribution is 0.179. The molecular weight excluding hydrogens is 254 g/mol. The van der Waals surface area contributed by atoms with Crippen LogP contribution in [0.2, 0.25) is 5.28 Å². The molecule has 5 nitrogen and oxygen atoms in total. The van der Waals surface area contributed by atoms with E-state index in [0.29, 0.717) is 12.1 Å². The van der Waals surface area contributed by atoms with Crippen LogP contribution in [0.3, 0.4) is 0 Å². The molecule has 2 aromatic rings. The summed E-state index contributed by atoms with van der Waals surface area (Å²) in [5.74, 6) is 0. The summed E-state index contributed by atoms with van der Waals surface area (Å²) >= 11 is 5.76. The number of benzene rings is 1. The summed E-state index contributed by atoms with van der Waals surface area (Å²) < 4.78 is 5.00. The number of cyclic esters (lactones) is 1. The molecule has 3 rings (SSSR count). The third kappa shape index (κ3) is 1.76. The van der Waals surface area contributed by atoms with E-state index in [9.17, 15) is 4.79 Å². The Hall–Kier alpha value is -1.88. The number of fused-ring (bicyclic) bond motifs is 1. The van der Waals surface area contributed by atoms with E-state index < -0.39 is 0 Å². The predicted octanol–water partition coefficient (Wildman–Crippen LogP) is 2.63. The topological polar surface area (TPSA) is 55.3 Å². The third-order valence-corrected chi connectivity index (χ3v) is 3.08. The largest absolute Gasteiger partial charge is 0.447 e. The smallest absolute Gasteiger partial charge is 0.414 e. The highest BCUT2D eigenvalue weighted by Gasteiger charge is 2.30. The zero-order chi connectivity index (χ0) is 12.7. The van der Waals surface area contributed by atoms with E-state index in [1.807, 2.05) is 25.1 Å². The van der Waals surface area contributed by atoms with Crippen molar-refractivity contribution in [2.75, 3.05) is 11.5 Å². The molecule has 1 aliphatic rings. The monoisotopic (exact) mass is 263 g/mol. The minimum Gasteiger partial charge on any atom is -0.447 e. The fourth-order valence-corrected chi connectivity index (χ4v) is 2.15. The van der Waals surface area contributed by atoms with Crippen molar-refractivity contribution >= 4 is 34.3 Å². The van der Waals surface area contributed by atoms with Crippen LogP contribution in [0.15, 0.2) is 24.4 Å². The lowest BCUT2D eigenvalue weighted by Crippen LogP contribution is -2.30. The van der Waals surface area contributed by atoms with E-state index in [0.717, 1.165) is 11.1 Å². The van der Waals surface area contributed by atoms with Crippen LogP contribution in [0.4, 0.5) is 10.5 Å². The molecule has 92 valence electrons. The second kappa shape index (κ2) is 4.10. The number of hydrogen-bond donors (Lipinski definition) is 0. The molecule has 6 heteroatoms. The van der Waals surface area contributed by atoms with Crippen molar-refractivity contribution in [2.45, 2.75) is 13.0 Å². The van der Waals surface area contributed by atoms with Gasteiger partial charge in [0.2, 0.25) is 5.28 Å². The number of nitrogens with zero attached hydrogens (tertiary/aromatic N) is 3. The maximum atomic E-state index is 11.6. The Morgan fingerprint density at radius 2 is 2.33 bits per heavy atom. The molecule has 0 aliphatic carbocycles. The zero-order valence-corrected chi connectivity index (χ0v) is 10.4. The summed E-state index contributed by atoms with van der Waals surface area (Å²) in [5.41, 5.74) is 1.46. The summed E-state index contributed by atoms with van der Waals surface area (Å²) in [6.45, 7) is 2.34. The van der Waals surface area contributed by atoms with Crippen molar-refractivity contribution in [3.05, 3.63) is 29.7 Å². The van der Waals surface area contributed by atoms with Crippen LogP contribution in [0.25, 0.3) is 10.9 Å². The Labute approximate surface area is 108 Å². The molecule has 1 aliphatic heterocycles. The molecule has 1 saturated heterocycles. The summed E-state index contributed by atoms with van der Waals surface area (Å²) in [6, 6.07) is 5.54. The van der Waals surface area contributed by atoms with Gasteiger partial charge in [-0.15, -0.1) is 0 Å². The average Bonchev–Trinajstić information content (AvgIpc) is 2.68. The number of halogens is 1. The van der Waals surface area contributed by atoms with Gasteiger partial charge in [0.1, 0.15) is 6.61 Å². The van der Waals surface area contributed by atoms with Crippen molar-refractivity contribution in [2.24, 2.45) is 0 Å². The maximum absolute atomic E-state index is 11.6. The van der Waals surface area contributed by atoms with E-state index in [1.165, 1.54) is 0 Å². The number of carbonyl (C=O) groups excluding carboxylic acids is 1. The zero-order valence-electron chi connectivity index (χ0n) is 9.63. The van der Waals surface area contributed by atoms with E-state index in [4.69, 9.17) is 16.3 Å². The van der Waals surface area contributed by atoms with Crippen molar-refractivity contribution in [1.29, 1.82) is 0 Å². The molecule has 0 unspecified atom stereocenters. The molecule has 1 aromatic heterocycles. The number of rotatable bonds is 1. The van der Waals surface area contributed by atoms with Crippen LogP contribution >= 0.6 is 11.6 Å². The number of amides is 1. The fraction of sp³-hybridized carbons (Fsp3) is 0.250. The van der Waals surface area contributed by atoms with Gasteiger partial charge in [-0.05, 0) is 36.7 Å². The predicted molar refractivity (Wildman–Crippen MR) is 67.8 cm³/mol. The molecule has 1 amide bonds. The quantitative estimate of drug-likeness (QED) is 0.742. The minimum absolute atomic E-state index is 0.0206. The van der Waals surface area contributed by atoms with Crippen LogP contribution in [-0.2, 0) is 4.74 Å². The molecule has 1 atom stereocenters. The van der Waals surface area contributed by atoms with Gasteiger partial charge in [0.25, 0.3) is 0 Å². The normalized spacial score (nSPS) is 19.3. The maximum Gasteiger partial charge on any atom is 0.414 e. The molecule has 1 aromatic carbocycles. The molecular formula is C12H10ClN3O2. The Morgan fingerprint density at radius 3 is 3.06 bits per heavy atom. The highest BCUT2D eigenvalue weighted by Crippen LogP contribution is 2.26. The van der Waals surface area contributed by atoms with Crippen molar-refractivity contribution < 1.29 is 9.53 Å². The number of anilines is 1. The summed E-state index contributed by atoms with van der Waals surface area (Å²) in [7, 11) is 0. The molecule has 0 spiro atoms. The lowest BCUT2D eigenvalue weighted by atomic mass is 10.2. The van der Waals surface area contributed by atoms with E-state index in [2.05, 4.69) is 9.97 Å². The van der Waals surface area contributed by atoms with E-state index in [1.54, 1.807) is 11.1 Å². The molecule has 0 saturated carbocycles. The van der Waals surface area contributed by atoms with E-state index in [-0.39, 0.29) is 17.4 Å². The minimum atomic E-state index is -0.331. The Kier molecular flexibility index (Phi) is 2.56. The first-order valence-electron chi connectivity index (χ1n) is 5.53. The Morgan fingerprint density at radius 1 is 1.50 bits per heavy atom. The highest BCUT2D eigenvalue weighted by atomic mass is 35.5. The number of hydrogen-bond acceptors (Lipinski definition) is 4. The van der Waals surface area contributed by atoms with Crippen LogP contribution in [0.1, 0.15) is 6.92 Å². The second-order valence-electron chi connectivity index (χ2n) is 4.18. The molecule has 0 radical (unpaired) electrons. The van der Waals surface area contributed by atoms with Crippen LogP contribution < -0.4 is 4.90 Å². The number of carbonyl (C=O) groups is 1. The lowest BCUT2D eigenvalue weighted by Gasteiger charge is -2.18. The highest BCUT2D eigenvalue weighted by molar-refractivity contribution is 6.28. The van der Waals surface area contributed by atoms with Gasteiger partial charge < -0.3 is 4.74 Å². The average molecular weight is 264 g/mol. The molecule has 18 heavy (non-hydrogen) atoms. The number of aromatic nitrogens is 2. The van der Waals surface area contributed by atoms with Crippen LogP contribution in [0.5, 0.6) is 0 Å². The van der Waals surface area contributed by atoms with Gasteiger partial charge in [-0.3, -0.25) is 4.90 Å². The van der Waals surface area contributed by atoms with Gasteiger partial charge in [-0.25, -0.2) is 14.8 Å². The first-order chi connectivity index (χ1) is 8.65. The standard InChI is InChI=1S/C12H10ClN3O2/c1-7-6-18-12(17)16(7)9-3-2-8-5-14-11(13)15-10(8)4-9/h2-5,7H,6H2,1H3/t7-/m0/s1. The van der Waals surface area contributed by atoms with Gasteiger partial charge in [-0.2, -0.15) is 0 Å². The summed E-state index contributed by atoms with van der Waals surface area (Å²) in [4.78, 5) is 21.3. The van der Waals surface area contributed by atoms with Gasteiger partial charge in [0.05, 0.1) is 11.6 Å². The molecule has 0 N–H and O–H groups in total.